The van der Waals surface area contributed by atoms with E-state index < -0.39 is 87.5 Å². The Morgan fingerprint density at radius 3 is 1.24 bits per heavy atom. The number of nitrogens with two attached hydrogens (primary N) is 4. The van der Waals surface area contributed by atoms with Gasteiger partial charge in [0.15, 0.2) is 39.3 Å². The molecule has 17 rings (SSSR count). The van der Waals surface area contributed by atoms with E-state index in [4.69, 9.17) is 81.7 Å². The number of hydrogen-bond donors (Lipinski definition) is 4. The number of benzene rings is 3. The van der Waals surface area contributed by atoms with Crippen LogP contribution in [0.5, 0.6) is 0 Å². The van der Waals surface area contributed by atoms with Crippen molar-refractivity contribution >= 4 is 121 Å². The minimum absolute atomic E-state index is 0.0386. The molecule has 0 unspecified atom stereocenters. The second-order valence-electron chi connectivity index (χ2n) is 32.2. The molecule has 4 saturated heterocycles. The molecule has 688 valence electrons. The molecule has 0 bridgehead atoms. The number of halogens is 9. The van der Waals surface area contributed by atoms with Crippen molar-refractivity contribution in [1.29, 1.82) is 0 Å². The second kappa shape index (κ2) is 37.7. The van der Waals surface area contributed by atoms with E-state index in [-0.39, 0.29) is 66.8 Å². The zero-order valence-corrected chi connectivity index (χ0v) is 76.3. The number of morpholine rings is 4. The maximum absolute atomic E-state index is 14.5. The van der Waals surface area contributed by atoms with Crippen LogP contribution in [0, 0.1) is 17.5 Å². The van der Waals surface area contributed by atoms with Crippen molar-refractivity contribution < 1.29 is 79.0 Å². The number of sulfone groups is 4. The number of aromatic nitrogens is 12. The Morgan fingerprint density at radius 2 is 0.815 bits per heavy atom. The van der Waals surface area contributed by atoms with Gasteiger partial charge in [0.05, 0.1) is 135 Å². The SMILES string of the molecule is CC(C)(c1cc(-c2cnc(N)cc2C(F)(F)F)nc(N2CCOCC2)n1)S(=O)(=O)c1ccc(F)cc1.CC(C)(c1cc(-c2cnc(N)cc2Cl)nc(N2CCOCC2)n1)S(=O)(=O)c1cccc(F)c1.C[C@H]1COCCN1c1nc(-c2cnc(N)cc2Cl)cc(C2(S(C)(=O)=O)CC2)n1.Nc1cc(Cl)c(-c2cc(C3(S(=O)(=O)c4ccccc4F)CC3)nc(N3CCOCC3)n2)cn1. The van der Waals surface area contributed by atoms with E-state index >= 15 is 0 Å². The normalized spacial score (nSPS) is 17.1. The predicted octanol–water partition coefficient (Wildman–Crippen LogP) is 12.5. The molecule has 0 spiro atoms. The lowest BCUT2D eigenvalue weighted by atomic mass is 10.0. The summed E-state index contributed by atoms with van der Waals surface area (Å²) in [4.78, 5) is 59.8. The first-order valence-corrected chi connectivity index (χ1v) is 48.1. The van der Waals surface area contributed by atoms with Crippen molar-refractivity contribution in [1.82, 2.24) is 59.8 Å². The summed E-state index contributed by atoms with van der Waals surface area (Å²) in [5.74, 6) is -0.290. The lowest BCUT2D eigenvalue weighted by molar-refractivity contribution is -0.137. The van der Waals surface area contributed by atoms with Crippen LogP contribution in [0.3, 0.4) is 0 Å². The Balaban J connectivity index is 0.000000140. The van der Waals surface area contributed by atoms with E-state index in [0.29, 0.717) is 214 Å². The van der Waals surface area contributed by atoms with Crippen molar-refractivity contribution in [2.75, 3.05) is 147 Å². The molecule has 0 radical (unpaired) electrons. The topological polar surface area (TPSA) is 445 Å². The van der Waals surface area contributed by atoms with Crippen LogP contribution in [0.1, 0.15) is 88.6 Å². The third kappa shape index (κ3) is 20.0. The van der Waals surface area contributed by atoms with E-state index in [9.17, 15) is 60.0 Å². The van der Waals surface area contributed by atoms with Gasteiger partial charge in [-0.1, -0.05) is 53.0 Å². The first kappa shape index (κ1) is 95.2. The molecular weight excluding hydrogens is 1840 g/mol. The second-order valence-corrected chi connectivity index (χ2v) is 43.0. The third-order valence-corrected chi connectivity index (χ3v) is 33.2. The number of rotatable bonds is 19. The summed E-state index contributed by atoms with van der Waals surface area (Å²) in [5.41, 5.74) is 25.0. The number of hydrogen-bond acceptors (Lipinski definition) is 32. The summed E-state index contributed by atoms with van der Waals surface area (Å²) in [7, 11) is -15.6. The fraction of sp³-hybridized carbons (Fsp3) is 0.365. The average molecular weight is 1930 g/mol. The number of nitrogens with zero attached hydrogens (tertiary/aromatic N) is 16. The van der Waals surface area contributed by atoms with Gasteiger partial charge in [0, 0.05) is 99.1 Å². The molecule has 0 amide bonds. The molecule has 1 atom stereocenters. The van der Waals surface area contributed by atoms with Gasteiger partial charge in [-0.05, 0) is 163 Å². The van der Waals surface area contributed by atoms with Gasteiger partial charge in [-0.3, -0.25) is 0 Å². The molecule has 11 aromatic rings. The molecule has 32 nitrogen and oxygen atoms in total. The van der Waals surface area contributed by atoms with Gasteiger partial charge in [0.25, 0.3) is 0 Å². The molecule has 2 aliphatic carbocycles. The molecule has 4 aliphatic heterocycles. The lowest BCUT2D eigenvalue weighted by Crippen LogP contribution is -2.44. The van der Waals surface area contributed by atoms with Crippen LogP contribution in [0.2, 0.25) is 15.1 Å². The van der Waals surface area contributed by atoms with Gasteiger partial charge in [0.2, 0.25) is 23.8 Å². The fourth-order valence-electron chi connectivity index (χ4n) is 14.7. The van der Waals surface area contributed by atoms with Gasteiger partial charge in [0.1, 0.15) is 64.6 Å². The van der Waals surface area contributed by atoms with Gasteiger partial charge in [-0.15, -0.1) is 0 Å². The molecule has 8 N–H and O–H groups in total. The molecule has 12 heterocycles. The number of ether oxygens (including phenoxy) is 4. The Kier molecular flexibility index (Phi) is 27.6. The zero-order valence-electron chi connectivity index (χ0n) is 70.8. The van der Waals surface area contributed by atoms with Gasteiger partial charge in [-0.25, -0.2) is 107 Å². The number of anilines is 8. The van der Waals surface area contributed by atoms with Gasteiger partial charge >= 0.3 is 6.18 Å². The zero-order chi connectivity index (χ0) is 93.4. The van der Waals surface area contributed by atoms with Crippen LogP contribution in [-0.4, -0.2) is 204 Å². The van der Waals surface area contributed by atoms with Crippen LogP contribution in [-0.2, 0) is 83.5 Å². The molecule has 6 fully saturated rings. The Bertz CT molecular complexity index is 6590. The highest BCUT2D eigenvalue weighted by Gasteiger charge is 2.59. The van der Waals surface area contributed by atoms with Crippen molar-refractivity contribution in [3.8, 4) is 45.0 Å². The van der Waals surface area contributed by atoms with Crippen LogP contribution in [0.4, 0.5) is 73.4 Å². The van der Waals surface area contributed by atoms with E-state index in [1.807, 2.05) is 21.6 Å². The monoisotopic (exact) mass is 1930 g/mol. The Hall–Kier alpha value is -10.9. The molecule has 130 heavy (non-hydrogen) atoms. The van der Waals surface area contributed by atoms with Crippen LogP contribution >= 0.6 is 34.8 Å². The van der Waals surface area contributed by atoms with E-state index in [0.717, 1.165) is 42.6 Å². The fourth-order valence-corrected chi connectivity index (χ4v) is 21.8. The van der Waals surface area contributed by atoms with Crippen molar-refractivity contribution in [2.45, 2.75) is 106 Å². The third-order valence-electron chi connectivity index (χ3n) is 22.8. The van der Waals surface area contributed by atoms with Crippen molar-refractivity contribution in [3.63, 3.8) is 0 Å². The summed E-state index contributed by atoms with van der Waals surface area (Å²) in [5, 5.41) is 1.06. The molecule has 6 aliphatic rings. The number of pyridine rings is 4. The minimum atomic E-state index is -4.77. The number of nitrogen functional groups attached to an aromatic ring is 4. The van der Waals surface area contributed by atoms with Gasteiger partial charge in [-0.2, -0.15) is 13.2 Å². The van der Waals surface area contributed by atoms with E-state index in [2.05, 4.69) is 54.8 Å². The predicted molar refractivity (Wildman–Crippen MR) is 479 cm³/mol. The smallest absolute Gasteiger partial charge is 0.384 e. The molecule has 45 heteroatoms. The molecule has 3 aromatic carbocycles. The van der Waals surface area contributed by atoms with Gasteiger partial charge < -0.3 is 61.5 Å². The maximum atomic E-state index is 14.5. The number of alkyl halides is 3. The highest BCUT2D eigenvalue weighted by molar-refractivity contribution is 7.93. The van der Waals surface area contributed by atoms with Crippen molar-refractivity contribution in [2.24, 2.45) is 0 Å². The molecule has 2 saturated carbocycles. The summed E-state index contributed by atoms with van der Waals surface area (Å²) in [6.45, 7) is 15.2. The Labute approximate surface area is 760 Å². The molecule has 8 aromatic heterocycles. The van der Waals surface area contributed by atoms with Crippen LogP contribution in [0.25, 0.3) is 45.0 Å². The van der Waals surface area contributed by atoms with E-state index in [1.165, 1.54) is 101 Å². The average Bonchev–Trinajstić information content (AvgIpc) is 1.52. The Morgan fingerprint density at radius 1 is 0.423 bits per heavy atom. The maximum Gasteiger partial charge on any atom is 0.417 e. The summed E-state index contributed by atoms with van der Waals surface area (Å²) in [6, 6.07) is 26.1. The minimum Gasteiger partial charge on any atom is -0.384 e. The summed E-state index contributed by atoms with van der Waals surface area (Å²) < 4.78 is 206. The standard InChI is InChI=1S/C23H23F4N5O3S.C22H21ClFN5O3S.C22H23ClFN5O3S.C18H22ClN5O3S/c1-22(2,36(33,34)15-5-3-14(24)4-6-15)19-12-18(30-21(31-19)32-7-9-35-10-8-32)16-13-29-20(28)11-17(16)23(25,26)27;23-15-11-20(25)26-13-14(15)17-12-19(28-21(27-17)29-7-9-32-10-8-29)22(5-6-22)33(30,31)18-4-2-1-3-16(18)24;1-22(2,33(30,31)15-5-3-4-14(24)10-15)19-12-18(16-13-26-20(25)11-17(16)23)27-21(28-19)29-6-8-32-9-7-29;1-11-10-27-6-5-24(11)17-22-14(12-9-21-16(20)7-13(12)19)8-15(23-17)18(3-4-18)28(2,25)26/h3-6,11-13H,7-10H2,1-2H3,(H2,28,29);1-4,11-13H,5-10H2,(H2,25,26);3-5,10-13H,6-9H2,1-2H3,(H2,25,26);7-9,11H,3-6,10H2,1-2H3,(H2,20,21)/t;;;11-/m...0/s1. The van der Waals surface area contributed by atoms with Crippen LogP contribution in [0.15, 0.2) is 161 Å². The quantitative estimate of drug-likeness (QED) is 0.0431. The largest absolute Gasteiger partial charge is 0.417 e. The summed E-state index contributed by atoms with van der Waals surface area (Å²) >= 11 is 19.2. The molecular formula is C85H89Cl3F6N20O12S4. The van der Waals surface area contributed by atoms with E-state index in [1.54, 1.807) is 35.4 Å². The van der Waals surface area contributed by atoms with Crippen molar-refractivity contribution in [3.05, 3.63) is 207 Å². The highest BCUT2D eigenvalue weighted by atomic mass is 35.5. The highest BCUT2D eigenvalue weighted by Crippen LogP contribution is 2.56. The first-order chi connectivity index (χ1) is 61.4. The summed E-state index contributed by atoms with van der Waals surface area (Å²) in [6.07, 6.45) is 3.74. The first-order valence-electron chi connectivity index (χ1n) is 40.6. The van der Waals surface area contributed by atoms with Crippen LogP contribution < -0.4 is 42.5 Å². The lowest BCUT2D eigenvalue weighted by Gasteiger charge is -2.34.